The van der Waals surface area contributed by atoms with E-state index in [0.717, 1.165) is 0 Å². The molecule has 0 bridgehead atoms. The molecule has 1 atom stereocenters. The van der Waals surface area contributed by atoms with Crippen LogP contribution in [0.25, 0.3) is 0 Å². The Bertz CT molecular complexity index is 626. The van der Waals surface area contributed by atoms with Gasteiger partial charge in [-0.3, -0.25) is 9.59 Å². The summed E-state index contributed by atoms with van der Waals surface area (Å²) in [6.07, 6.45) is 1.93. The Balaban J connectivity index is 1.68. The van der Waals surface area contributed by atoms with E-state index in [0.29, 0.717) is 32.4 Å². The normalized spacial score (nSPS) is 22.2. The van der Waals surface area contributed by atoms with Crippen LogP contribution in [0.1, 0.15) is 29.6 Å². The van der Waals surface area contributed by atoms with E-state index in [2.05, 4.69) is 4.74 Å². The summed E-state index contributed by atoms with van der Waals surface area (Å²) >= 11 is 0. The fraction of sp³-hybridized carbons (Fsp3) is 0.500. The van der Waals surface area contributed by atoms with Gasteiger partial charge in [-0.15, -0.1) is 0 Å². The second-order valence-electron chi connectivity index (χ2n) is 6.12. The summed E-state index contributed by atoms with van der Waals surface area (Å²) in [4.78, 5) is 25.2. The molecule has 1 unspecified atom stereocenters. The van der Waals surface area contributed by atoms with Gasteiger partial charge in [-0.25, -0.2) is 0 Å². The second-order valence-corrected chi connectivity index (χ2v) is 6.12. The van der Waals surface area contributed by atoms with E-state index < -0.39 is 12.6 Å². The topological polar surface area (TPSA) is 66.8 Å². The average Bonchev–Trinajstić information content (AvgIpc) is 3.21. The lowest BCUT2D eigenvalue weighted by Crippen LogP contribution is -2.40. The maximum absolute atomic E-state index is 12.5. The molecule has 0 aromatic heterocycles. The lowest BCUT2D eigenvalue weighted by molar-refractivity contribution is -0.139. The number of para-hydroxylation sites is 1. The number of rotatable bonds is 4. The number of carboxylic acids is 1. The fourth-order valence-electron chi connectivity index (χ4n) is 3.42. The Labute approximate surface area is 131 Å². The van der Waals surface area contributed by atoms with E-state index in [1.165, 1.54) is 18.2 Å². The molecule has 2 aliphatic rings. The standard InChI is InChI=1S/C16H17F2NO4/c17-15(18)23-12-4-2-1-3-10(12)13(20)19-7-5-16(6-8-19)9-11(16)14(21)22/h1-4,11,15H,5-9H2,(H,21,22). The molecule has 1 aromatic rings. The molecule has 0 radical (unpaired) electrons. The molecular formula is C16H17F2NO4. The van der Waals surface area contributed by atoms with Crippen LogP contribution in [0.3, 0.4) is 0 Å². The number of alkyl halides is 2. The number of piperidine rings is 1. The Kier molecular flexibility index (Phi) is 3.95. The zero-order chi connectivity index (χ0) is 16.6. The Hall–Kier alpha value is -2.18. The zero-order valence-electron chi connectivity index (χ0n) is 12.4. The van der Waals surface area contributed by atoms with Crippen LogP contribution in [0.15, 0.2) is 24.3 Å². The fourth-order valence-corrected chi connectivity index (χ4v) is 3.42. The van der Waals surface area contributed by atoms with E-state index in [1.54, 1.807) is 11.0 Å². The molecule has 1 saturated heterocycles. The summed E-state index contributed by atoms with van der Waals surface area (Å²) in [5.41, 5.74) is -0.0731. The van der Waals surface area contributed by atoms with Crippen molar-refractivity contribution < 1.29 is 28.2 Å². The highest BCUT2D eigenvalue weighted by atomic mass is 19.3. The number of nitrogens with zero attached hydrogens (tertiary/aromatic N) is 1. The van der Waals surface area contributed by atoms with Crippen LogP contribution in [0.5, 0.6) is 5.75 Å². The third-order valence-corrected chi connectivity index (χ3v) is 4.87. The van der Waals surface area contributed by atoms with Gasteiger partial charge in [-0.05, 0) is 36.8 Å². The number of benzene rings is 1. The molecule has 1 amide bonds. The number of aliphatic carboxylic acids is 1. The van der Waals surface area contributed by atoms with Crippen LogP contribution in [0.4, 0.5) is 8.78 Å². The number of carboxylic acid groups (broad SMARTS) is 1. The van der Waals surface area contributed by atoms with Crippen LogP contribution >= 0.6 is 0 Å². The largest absolute Gasteiger partial charge is 0.481 e. The first-order valence-corrected chi connectivity index (χ1v) is 7.49. The van der Waals surface area contributed by atoms with Crippen molar-refractivity contribution in [2.75, 3.05) is 13.1 Å². The summed E-state index contributed by atoms with van der Waals surface area (Å²) in [5, 5.41) is 9.08. The lowest BCUT2D eigenvalue weighted by atomic mass is 9.90. The second kappa shape index (κ2) is 5.79. The van der Waals surface area contributed by atoms with Crippen LogP contribution in [-0.4, -0.2) is 41.6 Å². The molecule has 1 heterocycles. The highest BCUT2D eigenvalue weighted by molar-refractivity contribution is 5.97. The SMILES string of the molecule is O=C(O)C1CC12CCN(C(=O)c1ccccc1OC(F)F)CC2. The van der Waals surface area contributed by atoms with E-state index >= 15 is 0 Å². The smallest absolute Gasteiger partial charge is 0.387 e. The highest BCUT2D eigenvalue weighted by Crippen LogP contribution is 2.59. The van der Waals surface area contributed by atoms with Gasteiger partial charge in [-0.2, -0.15) is 8.78 Å². The third kappa shape index (κ3) is 3.00. The maximum atomic E-state index is 12.5. The molecule has 124 valence electrons. The lowest BCUT2D eigenvalue weighted by Gasteiger charge is -2.33. The van der Waals surface area contributed by atoms with Gasteiger partial charge in [0.1, 0.15) is 5.75 Å². The van der Waals surface area contributed by atoms with Gasteiger partial charge in [0.15, 0.2) is 0 Å². The summed E-state index contributed by atoms with van der Waals surface area (Å²) in [5.74, 6) is -1.58. The average molecular weight is 325 g/mol. The van der Waals surface area contributed by atoms with Crippen molar-refractivity contribution in [3.8, 4) is 5.75 Å². The van der Waals surface area contributed by atoms with Crippen molar-refractivity contribution in [1.29, 1.82) is 0 Å². The van der Waals surface area contributed by atoms with E-state index in [-0.39, 0.29) is 28.6 Å². The minimum atomic E-state index is -2.99. The van der Waals surface area contributed by atoms with Crippen molar-refractivity contribution in [1.82, 2.24) is 4.90 Å². The molecule has 3 rings (SSSR count). The molecule has 1 N–H and O–H groups in total. The first kappa shape index (κ1) is 15.7. The molecule has 1 saturated carbocycles. The van der Waals surface area contributed by atoms with Gasteiger partial charge in [-0.1, -0.05) is 12.1 Å². The Morgan fingerprint density at radius 3 is 2.48 bits per heavy atom. The van der Waals surface area contributed by atoms with Crippen LogP contribution < -0.4 is 4.74 Å². The number of ether oxygens (including phenoxy) is 1. The molecule has 2 fully saturated rings. The van der Waals surface area contributed by atoms with Crippen molar-refractivity contribution >= 4 is 11.9 Å². The van der Waals surface area contributed by atoms with Crippen molar-refractivity contribution in [3.05, 3.63) is 29.8 Å². The minimum absolute atomic E-state index is 0.106. The molecule has 1 aliphatic carbocycles. The number of amides is 1. The first-order chi connectivity index (χ1) is 10.9. The van der Waals surface area contributed by atoms with Gasteiger partial charge in [0.2, 0.25) is 0 Å². The number of likely N-dealkylation sites (tertiary alicyclic amines) is 1. The summed E-state index contributed by atoms with van der Waals surface area (Å²) in [7, 11) is 0. The van der Waals surface area contributed by atoms with Gasteiger partial charge in [0.05, 0.1) is 11.5 Å². The van der Waals surface area contributed by atoms with Gasteiger partial charge < -0.3 is 14.7 Å². The number of hydrogen-bond donors (Lipinski definition) is 1. The Morgan fingerprint density at radius 2 is 1.91 bits per heavy atom. The van der Waals surface area contributed by atoms with Gasteiger partial charge in [0, 0.05) is 13.1 Å². The number of halogens is 2. The van der Waals surface area contributed by atoms with Crippen molar-refractivity contribution in [3.63, 3.8) is 0 Å². The summed E-state index contributed by atoms with van der Waals surface area (Å²) in [6.45, 7) is -2.12. The van der Waals surface area contributed by atoms with Gasteiger partial charge >= 0.3 is 12.6 Å². The molecule has 23 heavy (non-hydrogen) atoms. The van der Waals surface area contributed by atoms with Gasteiger partial charge in [0.25, 0.3) is 5.91 Å². The van der Waals surface area contributed by atoms with Crippen LogP contribution in [-0.2, 0) is 4.79 Å². The molecule has 1 spiro atoms. The number of carbonyl (C=O) groups is 2. The quantitative estimate of drug-likeness (QED) is 0.924. The summed E-state index contributed by atoms with van der Waals surface area (Å²) in [6, 6.07) is 5.92. The van der Waals surface area contributed by atoms with Crippen LogP contribution in [0, 0.1) is 11.3 Å². The molecular weight excluding hydrogens is 308 g/mol. The van der Waals surface area contributed by atoms with Crippen LogP contribution in [0.2, 0.25) is 0 Å². The zero-order valence-corrected chi connectivity index (χ0v) is 12.4. The predicted octanol–water partition coefficient (Wildman–Crippen LogP) is 2.61. The van der Waals surface area contributed by atoms with Crippen molar-refractivity contribution in [2.45, 2.75) is 25.9 Å². The summed E-state index contributed by atoms with van der Waals surface area (Å²) < 4.78 is 29.3. The third-order valence-electron chi connectivity index (χ3n) is 4.87. The molecule has 1 aliphatic heterocycles. The van der Waals surface area contributed by atoms with E-state index in [4.69, 9.17) is 5.11 Å². The molecule has 1 aromatic carbocycles. The molecule has 5 nitrogen and oxygen atoms in total. The highest BCUT2D eigenvalue weighted by Gasteiger charge is 2.59. The monoisotopic (exact) mass is 325 g/mol. The van der Waals surface area contributed by atoms with Crippen molar-refractivity contribution in [2.24, 2.45) is 11.3 Å². The Morgan fingerprint density at radius 1 is 1.26 bits per heavy atom. The maximum Gasteiger partial charge on any atom is 0.387 e. The predicted molar refractivity (Wildman–Crippen MR) is 76.4 cm³/mol. The van der Waals surface area contributed by atoms with E-state index in [9.17, 15) is 18.4 Å². The van der Waals surface area contributed by atoms with E-state index in [1.807, 2.05) is 0 Å². The molecule has 7 heteroatoms. The number of carbonyl (C=O) groups excluding carboxylic acids is 1. The first-order valence-electron chi connectivity index (χ1n) is 7.49. The number of hydrogen-bond acceptors (Lipinski definition) is 3. The minimum Gasteiger partial charge on any atom is -0.481 e.